The van der Waals surface area contributed by atoms with E-state index >= 15 is 0 Å². The summed E-state index contributed by atoms with van der Waals surface area (Å²) in [4.78, 5) is 1.38. The van der Waals surface area contributed by atoms with E-state index in [2.05, 4.69) is 5.32 Å². The molecule has 1 fully saturated rings. The first kappa shape index (κ1) is 16.8. The summed E-state index contributed by atoms with van der Waals surface area (Å²) in [7, 11) is -3.34. The van der Waals surface area contributed by atoms with Crippen molar-refractivity contribution in [2.24, 2.45) is 0 Å². The molecule has 0 aliphatic carbocycles. The maximum atomic E-state index is 12.5. The molecule has 2 rings (SSSR count). The molecule has 1 aliphatic heterocycles. The van der Waals surface area contributed by atoms with Crippen molar-refractivity contribution in [3.05, 3.63) is 24.3 Å². The molecule has 0 aromatic heterocycles. The lowest BCUT2D eigenvalue weighted by molar-refractivity contribution is 0.432. The van der Waals surface area contributed by atoms with Gasteiger partial charge in [0.1, 0.15) is 0 Å². The van der Waals surface area contributed by atoms with Crippen molar-refractivity contribution in [2.75, 3.05) is 32.4 Å². The average Bonchev–Trinajstić information content (AvgIpc) is 2.68. The minimum atomic E-state index is -3.34. The largest absolute Gasteiger partial charge is 0.315 e. The van der Waals surface area contributed by atoms with Crippen molar-refractivity contribution in [3.8, 4) is 0 Å². The van der Waals surface area contributed by atoms with Gasteiger partial charge in [-0.05, 0) is 37.4 Å². The zero-order valence-corrected chi connectivity index (χ0v) is 13.3. The number of halogens is 1. The maximum Gasteiger partial charge on any atom is 0.243 e. The molecule has 1 N–H and O–H groups in total. The first-order valence-corrected chi connectivity index (χ1v) is 8.66. The highest BCUT2D eigenvalue weighted by molar-refractivity contribution is 7.98. The average molecular weight is 323 g/mol. The van der Waals surface area contributed by atoms with Crippen molar-refractivity contribution in [3.63, 3.8) is 0 Å². The molecule has 19 heavy (non-hydrogen) atoms. The topological polar surface area (TPSA) is 49.4 Å². The van der Waals surface area contributed by atoms with Crippen LogP contribution in [0.5, 0.6) is 0 Å². The Kier molecular flexibility index (Phi) is 6.62. The normalized spacial score (nSPS) is 17.5. The summed E-state index contributed by atoms with van der Waals surface area (Å²) in [6.07, 6.45) is 2.81. The highest BCUT2D eigenvalue weighted by Gasteiger charge is 2.24. The highest BCUT2D eigenvalue weighted by Crippen LogP contribution is 2.22. The van der Waals surface area contributed by atoms with Crippen LogP contribution in [0.2, 0.25) is 0 Å². The van der Waals surface area contributed by atoms with Gasteiger partial charge in [0.2, 0.25) is 10.0 Å². The van der Waals surface area contributed by atoms with Crippen molar-refractivity contribution in [1.82, 2.24) is 9.62 Å². The fraction of sp³-hybridized carbons (Fsp3) is 0.500. The van der Waals surface area contributed by atoms with E-state index in [4.69, 9.17) is 0 Å². The predicted octanol–water partition coefficient (Wildman–Crippen LogP) is 1.81. The Balaban J connectivity index is 0.00000180. The van der Waals surface area contributed by atoms with Gasteiger partial charge in [-0.2, -0.15) is 4.31 Å². The van der Waals surface area contributed by atoms with Crippen LogP contribution >= 0.6 is 24.2 Å². The molecular weight excluding hydrogens is 304 g/mol. The monoisotopic (exact) mass is 322 g/mol. The van der Waals surface area contributed by atoms with E-state index in [1.54, 1.807) is 34.3 Å². The molecule has 1 saturated heterocycles. The summed E-state index contributed by atoms with van der Waals surface area (Å²) in [5.41, 5.74) is 0. The third-order valence-corrected chi connectivity index (χ3v) is 5.60. The van der Waals surface area contributed by atoms with Gasteiger partial charge < -0.3 is 5.32 Å². The Morgan fingerprint density at radius 2 is 2.05 bits per heavy atom. The Hall–Kier alpha value is -0.270. The summed E-state index contributed by atoms with van der Waals surface area (Å²) < 4.78 is 26.6. The van der Waals surface area contributed by atoms with E-state index in [1.165, 1.54) is 0 Å². The van der Waals surface area contributed by atoms with Gasteiger partial charge in [-0.15, -0.1) is 24.2 Å². The standard InChI is InChI=1S/C12H18N2O2S2.ClH/c1-17-11-4-2-5-12(10-11)18(15,16)14-8-3-6-13-7-9-14;/h2,4-5,10,13H,3,6-9H2,1H3;1H. The second-order valence-electron chi connectivity index (χ2n) is 4.19. The van der Waals surface area contributed by atoms with Crippen molar-refractivity contribution in [2.45, 2.75) is 16.2 Å². The van der Waals surface area contributed by atoms with Crippen LogP contribution in [-0.2, 0) is 10.0 Å². The molecule has 7 heteroatoms. The Labute approximate surface area is 125 Å². The van der Waals surface area contributed by atoms with Crippen molar-refractivity contribution < 1.29 is 8.42 Å². The van der Waals surface area contributed by atoms with Gasteiger partial charge >= 0.3 is 0 Å². The Morgan fingerprint density at radius 1 is 1.26 bits per heavy atom. The van der Waals surface area contributed by atoms with E-state index in [0.29, 0.717) is 18.0 Å². The quantitative estimate of drug-likeness (QED) is 0.862. The van der Waals surface area contributed by atoms with Crippen LogP contribution < -0.4 is 5.32 Å². The fourth-order valence-electron chi connectivity index (χ4n) is 1.97. The Morgan fingerprint density at radius 3 is 2.79 bits per heavy atom. The van der Waals surface area contributed by atoms with Crippen molar-refractivity contribution >= 4 is 34.2 Å². The molecule has 108 valence electrons. The second kappa shape index (κ2) is 7.50. The van der Waals surface area contributed by atoms with E-state index in [-0.39, 0.29) is 12.4 Å². The summed E-state index contributed by atoms with van der Waals surface area (Å²) in [6.45, 7) is 2.75. The number of nitrogens with zero attached hydrogens (tertiary/aromatic N) is 1. The van der Waals surface area contributed by atoms with Gasteiger partial charge in [0.15, 0.2) is 0 Å². The zero-order valence-electron chi connectivity index (χ0n) is 10.8. The molecule has 0 amide bonds. The van der Waals surface area contributed by atoms with Crippen LogP contribution in [0.1, 0.15) is 6.42 Å². The smallest absolute Gasteiger partial charge is 0.243 e. The predicted molar refractivity (Wildman–Crippen MR) is 81.7 cm³/mol. The molecule has 0 saturated carbocycles. The molecule has 0 radical (unpaired) electrons. The van der Waals surface area contributed by atoms with Gasteiger partial charge in [0, 0.05) is 24.5 Å². The summed E-state index contributed by atoms with van der Waals surface area (Å²) in [5.74, 6) is 0. The third kappa shape index (κ3) is 4.10. The third-order valence-electron chi connectivity index (χ3n) is 2.98. The first-order valence-electron chi connectivity index (χ1n) is 5.99. The SMILES string of the molecule is CSc1cccc(S(=O)(=O)N2CCCNCC2)c1.Cl. The number of thioether (sulfide) groups is 1. The van der Waals surface area contributed by atoms with E-state index in [9.17, 15) is 8.42 Å². The number of hydrogen-bond donors (Lipinski definition) is 1. The molecule has 1 heterocycles. The number of hydrogen-bond acceptors (Lipinski definition) is 4. The molecular formula is C12H19ClN2O2S2. The van der Waals surface area contributed by atoms with Crippen molar-refractivity contribution in [1.29, 1.82) is 0 Å². The van der Waals surface area contributed by atoms with Crippen LogP contribution in [0.15, 0.2) is 34.1 Å². The second-order valence-corrected chi connectivity index (χ2v) is 7.00. The molecule has 1 aliphatic rings. The molecule has 0 unspecified atom stereocenters. The zero-order chi connectivity index (χ0) is 13.0. The molecule has 0 bridgehead atoms. The molecule has 0 spiro atoms. The van der Waals surface area contributed by atoms with E-state index in [1.807, 2.05) is 12.3 Å². The lowest BCUT2D eigenvalue weighted by Crippen LogP contribution is -2.34. The molecule has 4 nitrogen and oxygen atoms in total. The van der Waals surface area contributed by atoms with Gasteiger partial charge in [-0.25, -0.2) is 8.42 Å². The summed E-state index contributed by atoms with van der Waals surface area (Å²) in [6, 6.07) is 7.15. The van der Waals surface area contributed by atoms with E-state index in [0.717, 1.165) is 24.4 Å². The number of sulfonamides is 1. The summed E-state index contributed by atoms with van der Waals surface area (Å²) >= 11 is 1.55. The lowest BCUT2D eigenvalue weighted by atomic mass is 10.4. The molecule has 1 aromatic carbocycles. The number of rotatable bonds is 3. The van der Waals surface area contributed by atoms with Crippen LogP contribution in [0.25, 0.3) is 0 Å². The summed E-state index contributed by atoms with van der Waals surface area (Å²) in [5, 5.41) is 3.21. The van der Waals surface area contributed by atoms with Crippen LogP contribution in [-0.4, -0.2) is 45.2 Å². The number of nitrogens with one attached hydrogen (secondary N) is 1. The van der Waals surface area contributed by atoms with Gasteiger partial charge in [0.05, 0.1) is 4.90 Å². The number of benzene rings is 1. The van der Waals surface area contributed by atoms with Crippen LogP contribution in [0.3, 0.4) is 0 Å². The van der Waals surface area contributed by atoms with Gasteiger partial charge in [-0.1, -0.05) is 6.07 Å². The molecule has 1 aromatic rings. The van der Waals surface area contributed by atoms with Gasteiger partial charge in [0.25, 0.3) is 0 Å². The maximum absolute atomic E-state index is 12.5. The van der Waals surface area contributed by atoms with Gasteiger partial charge in [-0.3, -0.25) is 0 Å². The van der Waals surface area contributed by atoms with Crippen LogP contribution in [0, 0.1) is 0 Å². The lowest BCUT2D eigenvalue weighted by Gasteiger charge is -2.19. The van der Waals surface area contributed by atoms with Crippen LogP contribution in [0.4, 0.5) is 0 Å². The fourth-order valence-corrected chi connectivity index (χ4v) is 4.03. The minimum absolute atomic E-state index is 0. The minimum Gasteiger partial charge on any atom is -0.315 e. The molecule has 0 atom stereocenters. The first-order chi connectivity index (χ1) is 8.64. The highest BCUT2D eigenvalue weighted by atomic mass is 35.5. The Bertz CT molecular complexity index is 500. The van der Waals surface area contributed by atoms with E-state index < -0.39 is 10.0 Å².